The van der Waals surface area contributed by atoms with Gasteiger partial charge in [-0.3, -0.25) is 9.59 Å². The lowest BCUT2D eigenvalue weighted by atomic mass is 9.46. The van der Waals surface area contributed by atoms with Crippen molar-refractivity contribution >= 4 is 11.8 Å². The van der Waals surface area contributed by atoms with Crippen LogP contribution >= 0.6 is 0 Å². The van der Waals surface area contributed by atoms with Crippen molar-refractivity contribution in [3.8, 4) is 0 Å². The van der Waals surface area contributed by atoms with Gasteiger partial charge in [0, 0.05) is 12.8 Å². The van der Waals surface area contributed by atoms with Crippen molar-refractivity contribution in [3.05, 3.63) is 11.6 Å². The van der Waals surface area contributed by atoms with Crippen molar-refractivity contribution in [1.82, 2.24) is 0 Å². The van der Waals surface area contributed by atoms with Gasteiger partial charge >= 0.3 is 5.97 Å². The zero-order chi connectivity index (χ0) is 20.1. The number of ketones is 1. The molecule has 0 N–H and O–H groups in total. The topological polar surface area (TPSA) is 43.4 Å². The molecule has 0 radical (unpaired) electrons. The van der Waals surface area contributed by atoms with Crippen LogP contribution in [-0.2, 0) is 14.3 Å². The maximum atomic E-state index is 12.0. The fourth-order valence-electron chi connectivity index (χ4n) is 8.18. The molecule has 0 aromatic heterocycles. The van der Waals surface area contributed by atoms with Gasteiger partial charge in [-0.15, -0.1) is 0 Å². The molecule has 7 atom stereocenters. The first-order chi connectivity index (χ1) is 13.3. The summed E-state index contributed by atoms with van der Waals surface area (Å²) in [6, 6.07) is 0. The molecule has 4 aliphatic rings. The van der Waals surface area contributed by atoms with E-state index in [4.69, 9.17) is 4.74 Å². The molecule has 0 unspecified atom stereocenters. The summed E-state index contributed by atoms with van der Waals surface area (Å²) < 4.78 is 4.87. The monoisotopic (exact) mass is 386 g/mol. The second kappa shape index (κ2) is 7.29. The lowest BCUT2D eigenvalue weighted by molar-refractivity contribution is -0.141. The smallest absolute Gasteiger partial charge is 0.305 e. The average Bonchev–Trinajstić information content (AvgIpc) is 3.03. The Bertz CT molecular complexity index is 679. The normalized spacial score (nSPS) is 43.4. The molecule has 3 nitrogen and oxygen atoms in total. The summed E-state index contributed by atoms with van der Waals surface area (Å²) in [5, 5.41) is 0. The predicted octanol–water partition coefficient (Wildman–Crippen LogP) is 5.72. The van der Waals surface area contributed by atoms with Crippen molar-refractivity contribution in [1.29, 1.82) is 0 Å². The van der Waals surface area contributed by atoms with Gasteiger partial charge in [-0.25, -0.2) is 0 Å². The molecule has 3 fully saturated rings. The van der Waals surface area contributed by atoms with Gasteiger partial charge in [-0.2, -0.15) is 0 Å². The van der Waals surface area contributed by atoms with Gasteiger partial charge < -0.3 is 4.74 Å². The minimum atomic E-state index is -0.0679. The van der Waals surface area contributed by atoms with Crippen molar-refractivity contribution in [2.75, 3.05) is 7.11 Å². The van der Waals surface area contributed by atoms with Gasteiger partial charge in [0.1, 0.15) is 0 Å². The van der Waals surface area contributed by atoms with E-state index in [1.54, 1.807) is 0 Å². The Labute approximate surface area is 170 Å². The lowest BCUT2D eigenvalue weighted by Crippen LogP contribution is -2.51. The van der Waals surface area contributed by atoms with E-state index < -0.39 is 0 Å². The third kappa shape index (κ3) is 3.08. The van der Waals surface area contributed by atoms with E-state index in [-0.39, 0.29) is 11.4 Å². The fourth-order valence-corrected chi connectivity index (χ4v) is 8.18. The fraction of sp³-hybridized carbons (Fsp3) is 0.840. The zero-order valence-electron chi connectivity index (χ0n) is 18.3. The number of hydrogen-bond donors (Lipinski definition) is 0. The predicted molar refractivity (Wildman–Crippen MR) is 111 cm³/mol. The molecule has 3 heteroatoms. The number of rotatable bonds is 4. The minimum absolute atomic E-state index is 0.0679. The standard InChI is InChI=1S/C25H38O3/c1-16(5-10-23(27)28-4)20-8-9-21-19-7-6-17-15-18(26)11-13-24(17,2)22(19)12-14-25(20,21)3/h15-16,19-22H,5-14H2,1-4H3/t16-,19-,20+,21-,22-,24-,25+/m0/s1. The molecule has 0 heterocycles. The number of allylic oxidation sites excluding steroid dienone is 1. The third-order valence-corrected chi connectivity index (χ3v) is 9.75. The molecule has 0 aromatic carbocycles. The van der Waals surface area contributed by atoms with Crippen LogP contribution in [0.1, 0.15) is 85.0 Å². The van der Waals surface area contributed by atoms with E-state index in [1.807, 2.05) is 6.08 Å². The number of esters is 1. The number of fused-ring (bicyclic) bond motifs is 5. The first-order valence-electron chi connectivity index (χ1n) is 11.6. The Morgan fingerprint density at radius 3 is 2.68 bits per heavy atom. The van der Waals surface area contributed by atoms with Crippen LogP contribution in [0.2, 0.25) is 0 Å². The third-order valence-electron chi connectivity index (χ3n) is 9.75. The number of methoxy groups -OCH3 is 1. The summed E-state index contributed by atoms with van der Waals surface area (Å²) in [7, 11) is 1.49. The average molecular weight is 387 g/mol. The molecule has 0 aromatic rings. The first kappa shape index (κ1) is 20.2. The summed E-state index contributed by atoms with van der Waals surface area (Å²) in [6.07, 6.45) is 13.1. The Morgan fingerprint density at radius 2 is 1.93 bits per heavy atom. The van der Waals surface area contributed by atoms with Crippen LogP contribution in [0.4, 0.5) is 0 Å². The Kier molecular flexibility index (Phi) is 5.25. The molecule has 0 spiro atoms. The summed E-state index contributed by atoms with van der Waals surface area (Å²) in [4.78, 5) is 23.6. The molecule has 28 heavy (non-hydrogen) atoms. The molecule has 0 amide bonds. The maximum absolute atomic E-state index is 12.0. The van der Waals surface area contributed by atoms with Crippen LogP contribution in [0.25, 0.3) is 0 Å². The lowest BCUT2D eigenvalue weighted by Gasteiger charge is -2.58. The first-order valence-corrected chi connectivity index (χ1v) is 11.6. The van der Waals surface area contributed by atoms with Crippen molar-refractivity contribution in [2.24, 2.45) is 40.4 Å². The molecular weight excluding hydrogens is 348 g/mol. The van der Waals surface area contributed by atoms with Crippen molar-refractivity contribution in [3.63, 3.8) is 0 Å². The minimum Gasteiger partial charge on any atom is -0.469 e. The van der Waals surface area contributed by atoms with Gasteiger partial charge in [-0.05, 0) is 97.9 Å². The van der Waals surface area contributed by atoms with Crippen LogP contribution in [0, 0.1) is 40.4 Å². The number of hydrogen-bond acceptors (Lipinski definition) is 3. The molecule has 4 aliphatic carbocycles. The summed E-state index contributed by atoms with van der Waals surface area (Å²) in [5.74, 6) is 4.03. The summed E-state index contributed by atoms with van der Waals surface area (Å²) in [6.45, 7) is 7.40. The van der Waals surface area contributed by atoms with Crippen LogP contribution in [-0.4, -0.2) is 18.9 Å². The van der Waals surface area contributed by atoms with E-state index in [0.29, 0.717) is 23.5 Å². The molecule has 3 saturated carbocycles. The maximum Gasteiger partial charge on any atom is 0.305 e. The number of carbonyl (C=O) groups excluding carboxylic acids is 2. The number of ether oxygens (including phenoxy) is 1. The van der Waals surface area contributed by atoms with E-state index in [0.717, 1.165) is 49.4 Å². The SMILES string of the molecule is COC(=O)CC[C@H](C)[C@H]1CC[C@H]2[C@@H]3CCC4=CC(=O)CC[C@]4(C)[C@H]3CC[C@]12C. The van der Waals surface area contributed by atoms with Crippen LogP contribution < -0.4 is 0 Å². The van der Waals surface area contributed by atoms with Crippen molar-refractivity contribution < 1.29 is 14.3 Å². The zero-order valence-corrected chi connectivity index (χ0v) is 18.3. The Hall–Kier alpha value is -1.12. The highest BCUT2D eigenvalue weighted by molar-refractivity contribution is 5.91. The van der Waals surface area contributed by atoms with E-state index >= 15 is 0 Å². The highest BCUT2D eigenvalue weighted by Gasteiger charge is 2.59. The molecule has 0 aliphatic heterocycles. The Balaban J connectivity index is 1.51. The molecule has 0 bridgehead atoms. The molecular formula is C25H38O3. The van der Waals surface area contributed by atoms with Gasteiger partial charge in [0.05, 0.1) is 7.11 Å². The van der Waals surface area contributed by atoms with E-state index in [1.165, 1.54) is 44.8 Å². The van der Waals surface area contributed by atoms with E-state index in [9.17, 15) is 9.59 Å². The number of carbonyl (C=O) groups is 2. The van der Waals surface area contributed by atoms with Crippen molar-refractivity contribution in [2.45, 2.75) is 85.0 Å². The van der Waals surface area contributed by atoms with Gasteiger partial charge in [0.15, 0.2) is 5.78 Å². The molecule has 156 valence electrons. The second-order valence-electron chi connectivity index (χ2n) is 10.8. The molecule has 4 rings (SSSR count). The highest BCUT2D eigenvalue weighted by Crippen LogP contribution is 2.67. The second-order valence-corrected chi connectivity index (χ2v) is 10.8. The van der Waals surface area contributed by atoms with Gasteiger partial charge in [0.2, 0.25) is 0 Å². The quantitative estimate of drug-likeness (QED) is 0.580. The van der Waals surface area contributed by atoms with E-state index in [2.05, 4.69) is 20.8 Å². The summed E-state index contributed by atoms with van der Waals surface area (Å²) in [5.41, 5.74) is 2.17. The van der Waals surface area contributed by atoms with Gasteiger partial charge in [-0.1, -0.05) is 26.3 Å². The van der Waals surface area contributed by atoms with Crippen LogP contribution in [0.3, 0.4) is 0 Å². The molecule has 0 saturated heterocycles. The van der Waals surface area contributed by atoms with Crippen LogP contribution in [0.15, 0.2) is 11.6 Å². The largest absolute Gasteiger partial charge is 0.469 e. The van der Waals surface area contributed by atoms with Gasteiger partial charge in [0.25, 0.3) is 0 Å². The van der Waals surface area contributed by atoms with Crippen LogP contribution in [0.5, 0.6) is 0 Å². The highest BCUT2D eigenvalue weighted by atomic mass is 16.5. The summed E-state index contributed by atoms with van der Waals surface area (Å²) >= 11 is 0. The Morgan fingerprint density at radius 1 is 1.14 bits per heavy atom.